The van der Waals surface area contributed by atoms with Gasteiger partial charge in [0.2, 0.25) is 5.82 Å². The molecule has 1 aromatic carbocycles. The number of tetrazole rings is 1. The van der Waals surface area contributed by atoms with Gasteiger partial charge in [0.25, 0.3) is 0 Å². The third-order valence-electron chi connectivity index (χ3n) is 4.02. The Morgan fingerprint density at radius 2 is 2.26 bits per heavy atom. The monoisotopic (exact) mass is 259 g/mol. The number of nitrogens with one attached hydrogen (secondary N) is 2. The summed E-state index contributed by atoms with van der Waals surface area (Å²) in [5.74, 6) is 0.580. The van der Waals surface area contributed by atoms with E-state index in [2.05, 4.69) is 39.8 Å². The van der Waals surface area contributed by atoms with Crippen LogP contribution in [0.4, 0.5) is 5.69 Å². The quantitative estimate of drug-likeness (QED) is 0.776. The first kappa shape index (κ1) is 12.1. The van der Waals surface area contributed by atoms with E-state index in [1.807, 2.05) is 24.3 Å². The summed E-state index contributed by atoms with van der Waals surface area (Å²) >= 11 is 0. The summed E-state index contributed by atoms with van der Waals surface area (Å²) in [6.45, 7) is 4.14. The van der Waals surface area contributed by atoms with E-state index < -0.39 is 0 Å². The highest BCUT2D eigenvalue weighted by molar-refractivity contribution is 5.62. The molecule has 1 aliphatic carbocycles. The highest BCUT2D eigenvalue weighted by Gasteiger charge is 2.47. The number of hydrogen-bond acceptors (Lipinski definition) is 5. The minimum absolute atomic E-state index is 0.0951. The van der Waals surface area contributed by atoms with E-state index in [9.17, 15) is 5.11 Å². The maximum Gasteiger partial charge on any atom is 0.204 e. The lowest BCUT2D eigenvalue weighted by Crippen LogP contribution is -2.56. The number of aromatic amines is 1. The molecule has 100 valence electrons. The topological polar surface area (TPSA) is 86.7 Å². The van der Waals surface area contributed by atoms with Gasteiger partial charge in [0.1, 0.15) is 0 Å². The van der Waals surface area contributed by atoms with E-state index >= 15 is 0 Å². The van der Waals surface area contributed by atoms with E-state index in [-0.39, 0.29) is 17.6 Å². The summed E-state index contributed by atoms with van der Waals surface area (Å²) in [6, 6.07) is 8.17. The predicted octanol–water partition coefficient (Wildman–Crippen LogP) is 1.44. The van der Waals surface area contributed by atoms with Crippen molar-refractivity contribution in [3.05, 3.63) is 24.3 Å². The molecule has 0 bridgehead atoms. The van der Waals surface area contributed by atoms with Gasteiger partial charge in [0.05, 0.1) is 6.10 Å². The fraction of sp³-hybridized carbons (Fsp3) is 0.462. The first-order valence-electron chi connectivity index (χ1n) is 6.36. The normalized spacial score (nSPS) is 24.8. The third kappa shape index (κ3) is 2.08. The van der Waals surface area contributed by atoms with Crippen LogP contribution in [0.15, 0.2) is 24.3 Å². The molecule has 3 N–H and O–H groups in total. The second-order valence-electron chi connectivity index (χ2n) is 5.59. The maximum atomic E-state index is 9.76. The number of aliphatic hydroxyl groups excluding tert-OH is 1. The molecule has 0 saturated heterocycles. The molecular formula is C13H17N5O. The highest BCUT2D eigenvalue weighted by atomic mass is 16.3. The molecule has 1 heterocycles. The van der Waals surface area contributed by atoms with Crippen molar-refractivity contribution in [3.8, 4) is 11.4 Å². The Bertz CT molecular complexity index is 566. The first-order chi connectivity index (χ1) is 9.07. The van der Waals surface area contributed by atoms with Crippen LogP contribution >= 0.6 is 0 Å². The molecule has 6 nitrogen and oxygen atoms in total. The van der Waals surface area contributed by atoms with Crippen LogP contribution in [0.25, 0.3) is 11.4 Å². The number of aromatic nitrogens is 4. The Labute approximate surface area is 111 Å². The molecule has 1 saturated carbocycles. The zero-order valence-corrected chi connectivity index (χ0v) is 11.0. The largest absolute Gasteiger partial charge is 0.392 e. The van der Waals surface area contributed by atoms with Crippen molar-refractivity contribution >= 4 is 5.69 Å². The molecule has 0 radical (unpaired) electrons. The predicted molar refractivity (Wildman–Crippen MR) is 71.4 cm³/mol. The Kier molecular flexibility index (Phi) is 2.74. The number of anilines is 1. The molecule has 2 atom stereocenters. The van der Waals surface area contributed by atoms with Gasteiger partial charge < -0.3 is 10.4 Å². The second-order valence-corrected chi connectivity index (χ2v) is 5.59. The van der Waals surface area contributed by atoms with E-state index in [0.717, 1.165) is 17.7 Å². The van der Waals surface area contributed by atoms with Crippen LogP contribution < -0.4 is 5.32 Å². The van der Waals surface area contributed by atoms with Crippen molar-refractivity contribution in [2.24, 2.45) is 5.41 Å². The molecule has 0 spiro atoms. The fourth-order valence-electron chi connectivity index (χ4n) is 2.38. The van der Waals surface area contributed by atoms with Crippen molar-refractivity contribution in [1.29, 1.82) is 0 Å². The minimum atomic E-state index is -0.231. The average Bonchev–Trinajstić information content (AvgIpc) is 2.93. The van der Waals surface area contributed by atoms with Crippen molar-refractivity contribution < 1.29 is 5.11 Å². The molecule has 2 unspecified atom stereocenters. The number of rotatable bonds is 3. The summed E-state index contributed by atoms with van der Waals surface area (Å²) in [5.41, 5.74) is 1.83. The number of aliphatic hydroxyl groups is 1. The van der Waals surface area contributed by atoms with Gasteiger partial charge in [-0.15, -0.1) is 10.2 Å². The molecule has 1 aliphatic rings. The fourth-order valence-corrected chi connectivity index (χ4v) is 2.38. The van der Waals surface area contributed by atoms with Gasteiger partial charge in [-0.05, 0) is 23.8 Å². The molecule has 19 heavy (non-hydrogen) atoms. The summed E-state index contributed by atoms with van der Waals surface area (Å²) in [6.07, 6.45) is 0.546. The van der Waals surface area contributed by atoms with Gasteiger partial charge >= 0.3 is 0 Å². The SMILES string of the molecule is CC1(C)C(O)CC1Nc1cccc(-c2nn[nH]n2)c1. The zero-order valence-electron chi connectivity index (χ0n) is 11.0. The van der Waals surface area contributed by atoms with Gasteiger partial charge in [-0.3, -0.25) is 0 Å². The van der Waals surface area contributed by atoms with Gasteiger partial charge in [-0.25, -0.2) is 0 Å². The first-order valence-corrected chi connectivity index (χ1v) is 6.36. The van der Waals surface area contributed by atoms with E-state index in [1.165, 1.54) is 0 Å². The Balaban J connectivity index is 1.78. The molecular weight excluding hydrogens is 242 g/mol. The van der Waals surface area contributed by atoms with Crippen molar-refractivity contribution in [2.45, 2.75) is 32.4 Å². The van der Waals surface area contributed by atoms with Gasteiger partial charge in [0.15, 0.2) is 0 Å². The number of hydrogen-bond donors (Lipinski definition) is 3. The minimum Gasteiger partial charge on any atom is -0.392 e. The second kappa shape index (κ2) is 4.31. The Hall–Kier alpha value is -1.95. The zero-order chi connectivity index (χ0) is 13.5. The van der Waals surface area contributed by atoms with Gasteiger partial charge in [-0.1, -0.05) is 26.0 Å². The highest BCUT2D eigenvalue weighted by Crippen LogP contribution is 2.42. The molecule has 2 aromatic rings. The van der Waals surface area contributed by atoms with Crippen molar-refractivity contribution in [1.82, 2.24) is 20.6 Å². The summed E-state index contributed by atoms with van der Waals surface area (Å²) < 4.78 is 0. The number of H-pyrrole nitrogens is 1. The van der Waals surface area contributed by atoms with Crippen LogP contribution in [-0.4, -0.2) is 37.9 Å². The van der Waals surface area contributed by atoms with Crippen LogP contribution in [0.1, 0.15) is 20.3 Å². The van der Waals surface area contributed by atoms with Crippen LogP contribution in [0.3, 0.4) is 0 Å². The molecule has 0 aliphatic heterocycles. The molecule has 1 aromatic heterocycles. The van der Waals surface area contributed by atoms with Crippen LogP contribution in [-0.2, 0) is 0 Å². The number of nitrogens with zero attached hydrogens (tertiary/aromatic N) is 3. The third-order valence-corrected chi connectivity index (χ3v) is 4.02. The van der Waals surface area contributed by atoms with Crippen molar-refractivity contribution in [2.75, 3.05) is 5.32 Å². The van der Waals surface area contributed by atoms with Crippen molar-refractivity contribution in [3.63, 3.8) is 0 Å². The smallest absolute Gasteiger partial charge is 0.204 e. The molecule has 0 amide bonds. The maximum absolute atomic E-state index is 9.76. The lowest BCUT2D eigenvalue weighted by atomic mass is 9.64. The summed E-state index contributed by atoms with van der Waals surface area (Å²) in [5, 5.41) is 27.2. The van der Waals surface area contributed by atoms with Gasteiger partial charge in [0, 0.05) is 22.7 Å². The van der Waals surface area contributed by atoms with E-state index in [4.69, 9.17) is 0 Å². The van der Waals surface area contributed by atoms with E-state index in [0.29, 0.717) is 5.82 Å². The van der Waals surface area contributed by atoms with E-state index in [1.54, 1.807) is 0 Å². The molecule has 1 fully saturated rings. The van der Waals surface area contributed by atoms with Crippen LogP contribution in [0.2, 0.25) is 0 Å². The number of benzene rings is 1. The average molecular weight is 259 g/mol. The summed E-state index contributed by atoms with van der Waals surface area (Å²) in [7, 11) is 0. The van der Waals surface area contributed by atoms with Gasteiger partial charge in [-0.2, -0.15) is 5.21 Å². The molecule has 3 rings (SSSR count). The Morgan fingerprint density at radius 1 is 1.42 bits per heavy atom. The summed E-state index contributed by atoms with van der Waals surface area (Å²) in [4.78, 5) is 0. The van der Waals surface area contributed by atoms with Crippen LogP contribution in [0.5, 0.6) is 0 Å². The standard InChI is InChI=1S/C13H17N5O/c1-13(2)10(7-11(13)19)14-9-5-3-4-8(6-9)12-15-17-18-16-12/h3-6,10-11,14,19H,7H2,1-2H3,(H,15,16,17,18). The van der Waals surface area contributed by atoms with Crippen LogP contribution in [0, 0.1) is 5.41 Å². The Morgan fingerprint density at radius 3 is 2.89 bits per heavy atom. The lowest BCUT2D eigenvalue weighted by molar-refractivity contribution is -0.0510. The lowest BCUT2D eigenvalue weighted by Gasteiger charge is -2.49. The molecule has 6 heteroatoms.